The summed E-state index contributed by atoms with van der Waals surface area (Å²) in [4.78, 5) is 36.2. The van der Waals surface area contributed by atoms with Crippen LogP contribution >= 0.6 is 0 Å². The predicted molar refractivity (Wildman–Crippen MR) is 121 cm³/mol. The van der Waals surface area contributed by atoms with Crippen molar-refractivity contribution in [3.05, 3.63) is 76.6 Å². The molecule has 3 aromatic rings. The van der Waals surface area contributed by atoms with Gasteiger partial charge in [0.1, 0.15) is 6.54 Å². The fourth-order valence-corrected chi connectivity index (χ4v) is 3.09. The molecule has 8 heteroatoms. The maximum absolute atomic E-state index is 12.3. The molecule has 0 atom stereocenters. The standard InChI is InChI=1S/C24H26N4O4/c1-15-5-9-19(10-6-15)24(31)25-13-22(30)32-14-21(29)26-23-17(3)27-28(18(23)4)20-11-7-16(2)8-12-20/h5-12H,13-14H2,1-4H3,(H,25,31)(H,26,29). The van der Waals surface area contributed by atoms with Gasteiger partial charge in [-0.1, -0.05) is 35.4 Å². The largest absolute Gasteiger partial charge is 0.454 e. The van der Waals surface area contributed by atoms with Crippen molar-refractivity contribution in [3.63, 3.8) is 0 Å². The highest BCUT2D eigenvalue weighted by molar-refractivity contribution is 5.97. The van der Waals surface area contributed by atoms with Crippen LogP contribution in [0.5, 0.6) is 0 Å². The lowest BCUT2D eigenvalue weighted by atomic mass is 10.1. The highest BCUT2D eigenvalue weighted by atomic mass is 16.5. The topological polar surface area (TPSA) is 102 Å². The van der Waals surface area contributed by atoms with Crippen LogP contribution in [0, 0.1) is 27.7 Å². The first-order valence-corrected chi connectivity index (χ1v) is 10.2. The number of ether oxygens (including phenoxy) is 1. The van der Waals surface area contributed by atoms with Gasteiger partial charge in [-0.15, -0.1) is 0 Å². The molecular formula is C24H26N4O4. The zero-order valence-electron chi connectivity index (χ0n) is 18.6. The molecule has 166 valence electrons. The number of hydrogen-bond donors (Lipinski definition) is 2. The third kappa shape index (κ3) is 5.60. The Bertz CT molecular complexity index is 1130. The van der Waals surface area contributed by atoms with Crippen LogP contribution in [0.3, 0.4) is 0 Å². The Labute approximate surface area is 186 Å². The molecule has 1 aromatic heterocycles. The fourth-order valence-electron chi connectivity index (χ4n) is 3.09. The van der Waals surface area contributed by atoms with Crippen LogP contribution in [0.2, 0.25) is 0 Å². The lowest BCUT2D eigenvalue weighted by molar-refractivity contribution is -0.146. The van der Waals surface area contributed by atoms with E-state index in [2.05, 4.69) is 15.7 Å². The summed E-state index contributed by atoms with van der Waals surface area (Å²) in [5.74, 6) is -1.58. The van der Waals surface area contributed by atoms with Crippen LogP contribution in [0.4, 0.5) is 5.69 Å². The lowest BCUT2D eigenvalue weighted by Crippen LogP contribution is -2.32. The average Bonchev–Trinajstić information content (AvgIpc) is 3.05. The van der Waals surface area contributed by atoms with Gasteiger partial charge in [0.25, 0.3) is 11.8 Å². The number of hydrogen-bond acceptors (Lipinski definition) is 5. The molecule has 0 radical (unpaired) electrons. The zero-order chi connectivity index (χ0) is 23.3. The molecule has 0 saturated carbocycles. The van der Waals surface area contributed by atoms with E-state index in [-0.39, 0.29) is 12.5 Å². The maximum Gasteiger partial charge on any atom is 0.325 e. The number of nitrogens with zero attached hydrogens (tertiary/aromatic N) is 2. The van der Waals surface area contributed by atoms with Crippen molar-refractivity contribution >= 4 is 23.5 Å². The summed E-state index contributed by atoms with van der Waals surface area (Å²) in [6, 6.07) is 14.8. The quantitative estimate of drug-likeness (QED) is 0.557. The van der Waals surface area contributed by atoms with Gasteiger partial charge >= 0.3 is 5.97 Å². The van der Waals surface area contributed by atoms with E-state index in [4.69, 9.17) is 4.74 Å². The number of aryl methyl sites for hydroxylation is 3. The fraction of sp³-hybridized carbons (Fsp3) is 0.250. The van der Waals surface area contributed by atoms with Crippen LogP contribution in [0.25, 0.3) is 5.69 Å². The number of esters is 1. The first kappa shape index (κ1) is 22.7. The normalized spacial score (nSPS) is 10.5. The van der Waals surface area contributed by atoms with Crippen molar-refractivity contribution in [1.82, 2.24) is 15.1 Å². The molecule has 2 N–H and O–H groups in total. The van der Waals surface area contributed by atoms with E-state index >= 15 is 0 Å². The van der Waals surface area contributed by atoms with Crippen molar-refractivity contribution in [1.29, 1.82) is 0 Å². The monoisotopic (exact) mass is 434 g/mol. The molecule has 0 bridgehead atoms. The average molecular weight is 434 g/mol. The Morgan fingerprint density at radius 2 is 1.50 bits per heavy atom. The number of anilines is 1. The van der Waals surface area contributed by atoms with E-state index in [0.717, 1.165) is 22.5 Å². The summed E-state index contributed by atoms with van der Waals surface area (Å²) >= 11 is 0. The Morgan fingerprint density at radius 1 is 0.906 bits per heavy atom. The summed E-state index contributed by atoms with van der Waals surface area (Å²) < 4.78 is 6.72. The second-order valence-corrected chi connectivity index (χ2v) is 7.55. The molecule has 0 aliphatic rings. The second kappa shape index (κ2) is 9.91. The molecule has 32 heavy (non-hydrogen) atoms. The number of carbonyl (C=O) groups excluding carboxylic acids is 3. The van der Waals surface area contributed by atoms with Gasteiger partial charge in [0.15, 0.2) is 6.61 Å². The molecule has 8 nitrogen and oxygen atoms in total. The van der Waals surface area contributed by atoms with Gasteiger partial charge < -0.3 is 15.4 Å². The van der Waals surface area contributed by atoms with E-state index in [1.807, 2.05) is 57.2 Å². The van der Waals surface area contributed by atoms with Gasteiger partial charge in [0, 0.05) is 5.56 Å². The third-order valence-corrected chi connectivity index (χ3v) is 4.91. The van der Waals surface area contributed by atoms with E-state index in [0.29, 0.717) is 16.9 Å². The Hall–Kier alpha value is -3.94. The van der Waals surface area contributed by atoms with Crippen LogP contribution in [-0.2, 0) is 14.3 Å². The van der Waals surface area contributed by atoms with Gasteiger partial charge in [0.2, 0.25) is 0 Å². The first-order valence-electron chi connectivity index (χ1n) is 10.2. The molecule has 0 spiro atoms. The zero-order valence-corrected chi connectivity index (χ0v) is 18.6. The number of nitrogens with one attached hydrogen (secondary N) is 2. The number of rotatable bonds is 7. The molecule has 0 aliphatic carbocycles. The lowest BCUT2D eigenvalue weighted by Gasteiger charge is -2.09. The second-order valence-electron chi connectivity index (χ2n) is 7.55. The summed E-state index contributed by atoms with van der Waals surface area (Å²) in [7, 11) is 0. The molecule has 2 aromatic carbocycles. The summed E-state index contributed by atoms with van der Waals surface area (Å²) in [5, 5.41) is 9.71. The number of carbonyl (C=O) groups is 3. The predicted octanol–water partition coefficient (Wildman–Crippen LogP) is 3.02. The molecule has 0 saturated heterocycles. The molecular weight excluding hydrogens is 408 g/mol. The van der Waals surface area contributed by atoms with E-state index in [1.54, 1.807) is 23.7 Å². The van der Waals surface area contributed by atoms with Crippen molar-refractivity contribution < 1.29 is 19.1 Å². The number of aromatic nitrogens is 2. The summed E-state index contributed by atoms with van der Waals surface area (Å²) in [6.45, 7) is 6.77. The van der Waals surface area contributed by atoms with Crippen molar-refractivity contribution in [2.75, 3.05) is 18.5 Å². The molecule has 0 fully saturated rings. The Balaban J connectivity index is 1.51. The van der Waals surface area contributed by atoms with Gasteiger partial charge in [-0.05, 0) is 52.0 Å². The Kier molecular flexibility index (Phi) is 7.04. The van der Waals surface area contributed by atoms with Gasteiger partial charge in [-0.25, -0.2) is 4.68 Å². The van der Waals surface area contributed by atoms with Crippen LogP contribution in [0.15, 0.2) is 48.5 Å². The van der Waals surface area contributed by atoms with Crippen LogP contribution < -0.4 is 10.6 Å². The van der Waals surface area contributed by atoms with Gasteiger partial charge in [0.05, 0.1) is 22.8 Å². The molecule has 1 heterocycles. The molecule has 0 aliphatic heterocycles. The first-order chi connectivity index (χ1) is 15.2. The van der Waals surface area contributed by atoms with Crippen molar-refractivity contribution in [2.24, 2.45) is 0 Å². The highest BCUT2D eigenvalue weighted by Gasteiger charge is 2.17. The van der Waals surface area contributed by atoms with Crippen LogP contribution in [-0.4, -0.2) is 40.7 Å². The third-order valence-electron chi connectivity index (χ3n) is 4.91. The number of amides is 2. The minimum absolute atomic E-state index is 0.330. The summed E-state index contributed by atoms with van der Waals surface area (Å²) in [6.07, 6.45) is 0. The Morgan fingerprint density at radius 3 is 2.12 bits per heavy atom. The highest BCUT2D eigenvalue weighted by Crippen LogP contribution is 2.23. The maximum atomic E-state index is 12.3. The SMILES string of the molecule is Cc1ccc(C(=O)NCC(=O)OCC(=O)Nc2c(C)nn(-c3ccc(C)cc3)c2C)cc1. The van der Waals surface area contributed by atoms with Crippen molar-refractivity contribution in [2.45, 2.75) is 27.7 Å². The molecule has 0 unspecified atom stereocenters. The van der Waals surface area contributed by atoms with Crippen molar-refractivity contribution in [3.8, 4) is 5.69 Å². The minimum atomic E-state index is -0.704. The van der Waals surface area contributed by atoms with Crippen LogP contribution in [0.1, 0.15) is 32.9 Å². The van der Waals surface area contributed by atoms with E-state index in [9.17, 15) is 14.4 Å². The summed E-state index contributed by atoms with van der Waals surface area (Å²) in [5.41, 5.74) is 5.47. The number of benzene rings is 2. The van der Waals surface area contributed by atoms with E-state index in [1.165, 1.54) is 0 Å². The van der Waals surface area contributed by atoms with E-state index < -0.39 is 18.5 Å². The van der Waals surface area contributed by atoms with Gasteiger partial charge in [-0.3, -0.25) is 14.4 Å². The molecule has 2 amide bonds. The van der Waals surface area contributed by atoms with Gasteiger partial charge in [-0.2, -0.15) is 5.10 Å². The minimum Gasteiger partial charge on any atom is -0.454 e. The smallest absolute Gasteiger partial charge is 0.325 e. The molecule has 3 rings (SSSR count).